The Morgan fingerprint density at radius 2 is 2.00 bits per heavy atom. The van der Waals surface area contributed by atoms with Gasteiger partial charge in [-0.3, -0.25) is 14.5 Å². The maximum absolute atomic E-state index is 13.6. The highest BCUT2D eigenvalue weighted by molar-refractivity contribution is 9.10. The Morgan fingerprint density at radius 3 is 2.64 bits per heavy atom. The molecule has 0 saturated carbocycles. The number of hydrogen-bond acceptors (Lipinski definition) is 7. The molecule has 4 aromatic rings. The van der Waals surface area contributed by atoms with E-state index in [1.165, 1.54) is 34.2 Å². The molecule has 1 unspecified atom stereocenters. The second kappa shape index (κ2) is 9.14. The van der Waals surface area contributed by atoms with Crippen LogP contribution in [-0.2, 0) is 13.6 Å². The fraction of sp³-hybridized carbons (Fsp3) is 0.238. The van der Waals surface area contributed by atoms with Gasteiger partial charge < -0.3 is 10.6 Å². The molecule has 4 aromatic heterocycles. The molecule has 0 saturated heterocycles. The second-order valence-corrected chi connectivity index (χ2v) is 8.25. The lowest BCUT2D eigenvalue weighted by Crippen LogP contribution is -2.34. The van der Waals surface area contributed by atoms with E-state index in [2.05, 4.69) is 41.0 Å². The molecule has 0 spiro atoms. The van der Waals surface area contributed by atoms with Crippen LogP contribution in [0.3, 0.4) is 0 Å². The number of nitrogens with zero attached hydrogens (tertiary/aromatic N) is 7. The third kappa shape index (κ3) is 4.80. The summed E-state index contributed by atoms with van der Waals surface area (Å²) >= 11 is 3.33. The van der Waals surface area contributed by atoms with Gasteiger partial charge in [-0.1, -0.05) is 0 Å². The normalized spacial score (nSPS) is 12.3. The number of anilines is 1. The van der Waals surface area contributed by atoms with Gasteiger partial charge in [-0.25, -0.2) is 23.7 Å². The predicted octanol–water partition coefficient (Wildman–Crippen LogP) is 3.84. The van der Waals surface area contributed by atoms with E-state index in [9.17, 15) is 13.6 Å². The first-order chi connectivity index (χ1) is 15.7. The zero-order chi connectivity index (χ0) is 23.7. The van der Waals surface area contributed by atoms with Crippen LogP contribution >= 0.6 is 15.9 Å². The lowest BCUT2D eigenvalue weighted by Gasteiger charge is -2.27. The summed E-state index contributed by atoms with van der Waals surface area (Å²) in [6, 6.07) is 5.65. The summed E-state index contributed by atoms with van der Waals surface area (Å²) in [6.45, 7) is 1.84. The van der Waals surface area contributed by atoms with Crippen LogP contribution in [0.25, 0.3) is 11.0 Å². The number of alkyl halides is 2. The van der Waals surface area contributed by atoms with E-state index < -0.39 is 12.5 Å². The molecule has 4 heterocycles. The molecule has 1 atom stereocenters. The van der Waals surface area contributed by atoms with E-state index in [1.54, 1.807) is 26.1 Å². The highest BCUT2D eigenvalue weighted by atomic mass is 79.9. The van der Waals surface area contributed by atoms with E-state index in [4.69, 9.17) is 5.73 Å². The Labute approximate surface area is 195 Å². The zero-order valence-corrected chi connectivity index (χ0v) is 19.2. The maximum Gasteiger partial charge on any atom is 0.265 e. The number of carbonyl (C=O) groups excluding carboxylic acids is 1. The first-order valence-electron chi connectivity index (χ1n) is 9.84. The molecule has 0 radical (unpaired) electrons. The van der Waals surface area contributed by atoms with Crippen molar-refractivity contribution in [3.05, 3.63) is 70.1 Å². The minimum atomic E-state index is -2.62. The van der Waals surface area contributed by atoms with E-state index in [-0.39, 0.29) is 18.0 Å². The van der Waals surface area contributed by atoms with E-state index in [0.717, 1.165) is 6.20 Å². The maximum atomic E-state index is 13.6. The Balaban J connectivity index is 1.70. The Hall–Kier alpha value is -3.54. The number of nitrogens with two attached hydrogens (primary N) is 1. The monoisotopic (exact) mass is 516 g/mol. The van der Waals surface area contributed by atoms with Gasteiger partial charge in [-0.2, -0.15) is 5.10 Å². The summed E-state index contributed by atoms with van der Waals surface area (Å²) in [5.41, 5.74) is 6.79. The van der Waals surface area contributed by atoms with Crippen molar-refractivity contribution in [2.45, 2.75) is 25.9 Å². The van der Waals surface area contributed by atoms with Gasteiger partial charge in [0.05, 0.1) is 28.3 Å². The minimum Gasteiger partial charge on any atom is -0.383 e. The molecule has 9 nitrogen and oxygen atoms in total. The van der Waals surface area contributed by atoms with Crippen LogP contribution in [0.1, 0.15) is 46.8 Å². The standard InChI is InChI=1S/C21H19BrF2N8O/c1-11(19-28-10-31(2)30-19)32(9-15-4-3-12(7-26-15)17(23)24)21(33)14-5-13-6-16(22)18(25)29-20(13)27-8-14/h3-8,10-11,17H,9H2,1-2H3,(H2,25,27,29). The average Bonchev–Trinajstić information content (AvgIpc) is 3.23. The van der Waals surface area contributed by atoms with E-state index in [1.807, 2.05) is 0 Å². The lowest BCUT2D eigenvalue weighted by molar-refractivity contribution is 0.0663. The number of fused-ring (bicyclic) bond motifs is 1. The molecule has 4 rings (SSSR count). The van der Waals surface area contributed by atoms with Gasteiger partial charge in [0, 0.05) is 30.4 Å². The molecule has 0 fully saturated rings. The SMILES string of the molecule is CC(c1ncn(C)n1)N(Cc1ccc(C(F)F)cn1)C(=O)c1cnc2nc(N)c(Br)cc2c1. The number of aromatic nitrogens is 6. The van der Waals surface area contributed by atoms with Crippen molar-refractivity contribution in [3.63, 3.8) is 0 Å². The topological polar surface area (TPSA) is 116 Å². The molecule has 1 amide bonds. The number of rotatable bonds is 6. The van der Waals surface area contributed by atoms with Crippen molar-refractivity contribution < 1.29 is 13.6 Å². The van der Waals surface area contributed by atoms with E-state index in [0.29, 0.717) is 38.4 Å². The minimum absolute atomic E-state index is 0.0590. The second-order valence-electron chi connectivity index (χ2n) is 7.40. The van der Waals surface area contributed by atoms with Crippen LogP contribution < -0.4 is 5.73 Å². The Kier molecular flexibility index (Phi) is 6.27. The van der Waals surface area contributed by atoms with Crippen LogP contribution in [-0.4, -0.2) is 40.5 Å². The summed E-state index contributed by atoms with van der Waals surface area (Å²) in [5, 5.41) is 4.93. The van der Waals surface area contributed by atoms with Gasteiger partial charge in [-0.15, -0.1) is 0 Å². The van der Waals surface area contributed by atoms with Crippen molar-refractivity contribution in [3.8, 4) is 0 Å². The van der Waals surface area contributed by atoms with Gasteiger partial charge >= 0.3 is 0 Å². The molecule has 12 heteroatoms. The summed E-state index contributed by atoms with van der Waals surface area (Å²) in [5.74, 6) is 0.377. The molecular formula is C21H19BrF2N8O. The molecule has 2 N–H and O–H groups in total. The van der Waals surface area contributed by atoms with Crippen molar-refractivity contribution in [2.24, 2.45) is 7.05 Å². The van der Waals surface area contributed by atoms with Gasteiger partial charge in [0.1, 0.15) is 12.1 Å². The molecule has 33 heavy (non-hydrogen) atoms. The van der Waals surface area contributed by atoms with Gasteiger partial charge in [-0.05, 0) is 47.1 Å². The quantitative estimate of drug-likeness (QED) is 0.413. The molecular weight excluding hydrogens is 498 g/mol. The predicted molar refractivity (Wildman–Crippen MR) is 120 cm³/mol. The van der Waals surface area contributed by atoms with Gasteiger partial charge in [0.25, 0.3) is 12.3 Å². The Morgan fingerprint density at radius 1 is 1.21 bits per heavy atom. The number of carbonyl (C=O) groups is 1. The summed E-state index contributed by atoms with van der Waals surface area (Å²) < 4.78 is 27.9. The van der Waals surface area contributed by atoms with Crippen LogP contribution in [0.15, 0.2) is 47.5 Å². The summed E-state index contributed by atoms with van der Waals surface area (Å²) in [7, 11) is 1.73. The number of halogens is 3. The molecule has 0 aromatic carbocycles. The van der Waals surface area contributed by atoms with Crippen LogP contribution in [0.2, 0.25) is 0 Å². The van der Waals surface area contributed by atoms with E-state index >= 15 is 0 Å². The number of pyridine rings is 3. The third-order valence-corrected chi connectivity index (χ3v) is 5.68. The third-order valence-electron chi connectivity index (χ3n) is 5.05. The number of aryl methyl sites for hydroxylation is 1. The Bertz CT molecular complexity index is 1310. The van der Waals surface area contributed by atoms with Crippen molar-refractivity contribution in [1.82, 2.24) is 34.6 Å². The lowest BCUT2D eigenvalue weighted by atomic mass is 10.1. The largest absolute Gasteiger partial charge is 0.383 e. The first-order valence-corrected chi connectivity index (χ1v) is 10.6. The number of amides is 1. The average molecular weight is 517 g/mol. The van der Waals surface area contributed by atoms with Crippen molar-refractivity contribution in [1.29, 1.82) is 0 Å². The number of nitrogen functional groups attached to an aromatic ring is 1. The van der Waals surface area contributed by atoms with Crippen molar-refractivity contribution in [2.75, 3.05) is 5.73 Å². The molecule has 0 bridgehead atoms. The molecule has 0 aliphatic rings. The van der Waals surface area contributed by atoms with Crippen LogP contribution in [0, 0.1) is 0 Å². The smallest absolute Gasteiger partial charge is 0.265 e. The zero-order valence-electron chi connectivity index (χ0n) is 17.7. The van der Waals surface area contributed by atoms with Crippen LogP contribution in [0.4, 0.5) is 14.6 Å². The van der Waals surface area contributed by atoms with Gasteiger partial charge in [0.15, 0.2) is 11.5 Å². The number of hydrogen-bond donors (Lipinski definition) is 1. The first kappa shape index (κ1) is 22.6. The highest BCUT2D eigenvalue weighted by Gasteiger charge is 2.27. The highest BCUT2D eigenvalue weighted by Crippen LogP contribution is 2.26. The summed E-state index contributed by atoms with van der Waals surface area (Å²) in [4.78, 5) is 31.9. The summed E-state index contributed by atoms with van der Waals surface area (Å²) in [6.07, 6.45) is 1.45. The fourth-order valence-corrected chi connectivity index (χ4v) is 3.57. The molecule has 170 valence electrons. The molecule has 0 aliphatic heterocycles. The fourth-order valence-electron chi connectivity index (χ4n) is 3.24. The van der Waals surface area contributed by atoms with Gasteiger partial charge in [0.2, 0.25) is 0 Å². The molecule has 0 aliphatic carbocycles. The van der Waals surface area contributed by atoms with Crippen molar-refractivity contribution >= 4 is 38.7 Å². The van der Waals surface area contributed by atoms with Crippen LogP contribution in [0.5, 0.6) is 0 Å².